The zero-order chi connectivity index (χ0) is 23.3. The van der Waals surface area contributed by atoms with Crippen LogP contribution < -0.4 is 0 Å². The molecule has 0 bridgehead atoms. The Labute approximate surface area is 193 Å². The maximum Gasteiger partial charge on any atom is 0.343 e. The second-order valence-corrected chi connectivity index (χ2v) is 8.94. The quantitative estimate of drug-likeness (QED) is 0.284. The van der Waals surface area contributed by atoms with E-state index in [4.69, 9.17) is 14.2 Å². The number of carbonyl (C=O) groups is 1. The van der Waals surface area contributed by atoms with Crippen LogP contribution >= 0.6 is 0 Å². The fourth-order valence-electron chi connectivity index (χ4n) is 4.58. The molecule has 182 valence electrons. The molecule has 0 saturated carbocycles. The van der Waals surface area contributed by atoms with Crippen LogP contribution in [0.15, 0.2) is 30.3 Å². The Morgan fingerprint density at radius 1 is 1.03 bits per heavy atom. The van der Waals surface area contributed by atoms with Crippen LogP contribution in [-0.2, 0) is 25.6 Å². The topological polar surface area (TPSA) is 85.2 Å². The molecule has 1 aromatic carbocycles. The molecule has 1 fully saturated rings. The number of ether oxygens (including phenoxy) is 3. The van der Waals surface area contributed by atoms with Crippen molar-refractivity contribution >= 4 is 5.97 Å². The molecule has 32 heavy (non-hydrogen) atoms. The highest BCUT2D eigenvalue weighted by Gasteiger charge is 2.67. The molecule has 0 aliphatic carbocycles. The Balaban J connectivity index is 1.88. The van der Waals surface area contributed by atoms with E-state index in [1.807, 2.05) is 30.3 Å². The number of unbranched alkanes of at least 4 members (excludes halogenated alkanes) is 9. The van der Waals surface area contributed by atoms with Crippen molar-refractivity contribution in [2.45, 2.75) is 101 Å². The maximum atomic E-state index is 12.7. The first kappa shape index (κ1) is 26.8. The molecule has 0 amide bonds. The first-order chi connectivity index (χ1) is 15.5. The predicted molar refractivity (Wildman–Crippen MR) is 124 cm³/mol. The minimum atomic E-state index is -2.05. The molecule has 0 unspecified atom stereocenters. The van der Waals surface area contributed by atoms with Crippen molar-refractivity contribution < 1.29 is 29.2 Å². The van der Waals surface area contributed by atoms with E-state index < -0.39 is 29.9 Å². The Morgan fingerprint density at radius 3 is 2.19 bits per heavy atom. The van der Waals surface area contributed by atoms with Gasteiger partial charge in [0.05, 0.1) is 26.9 Å². The fourth-order valence-corrected chi connectivity index (χ4v) is 4.58. The third-order valence-corrected chi connectivity index (χ3v) is 6.65. The second-order valence-electron chi connectivity index (χ2n) is 8.94. The van der Waals surface area contributed by atoms with Crippen molar-refractivity contribution in [3.8, 4) is 0 Å². The molecule has 2 N–H and O–H groups in total. The van der Waals surface area contributed by atoms with Crippen molar-refractivity contribution in [2.24, 2.45) is 0 Å². The highest BCUT2D eigenvalue weighted by atomic mass is 16.6. The van der Waals surface area contributed by atoms with E-state index in [0.717, 1.165) is 24.8 Å². The summed E-state index contributed by atoms with van der Waals surface area (Å²) in [6.07, 6.45) is 11.2. The third-order valence-electron chi connectivity index (χ3n) is 6.65. The van der Waals surface area contributed by atoms with Crippen LogP contribution in [0, 0.1) is 0 Å². The number of aliphatic hydroxyl groups is 2. The average Bonchev–Trinajstić information content (AvgIpc) is 3.11. The second kappa shape index (κ2) is 13.9. The molecule has 0 aromatic heterocycles. The van der Waals surface area contributed by atoms with Crippen LogP contribution in [0.1, 0.15) is 83.1 Å². The minimum Gasteiger partial charge on any atom is -0.467 e. The van der Waals surface area contributed by atoms with Gasteiger partial charge in [-0.15, -0.1) is 0 Å². The van der Waals surface area contributed by atoms with Crippen LogP contribution in [0.2, 0.25) is 0 Å². The van der Waals surface area contributed by atoms with Crippen LogP contribution in [-0.4, -0.2) is 53.8 Å². The SMILES string of the molecule is CCCCCCCCCCCC[C@@]1(CO)OC[C@@H](OCc2ccccc2)[C@@]1(O)C(=O)OC. The van der Waals surface area contributed by atoms with E-state index in [2.05, 4.69) is 6.92 Å². The Morgan fingerprint density at radius 2 is 1.62 bits per heavy atom. The molecule has 3 atom stereocenters. The third kappa shape index (κ3) is 6.77. The lowest BCUT2D eigenvalue weighted by Gasteiger charge is -2.39. The number of carbonyl (C=O) groups excluding carboxylic acids is 1. The minimum absolute atomic E-state index is 0.0246. The lowest BCUT2D eigenvalue weighted by molar-refractivity contribution is -0.205. The molecule has 0 radical (unpaired) electrons. The van der Waals surface area contributed by atoms with E-state index in [1.54, 1.807) is 0 Å². The smallest absolute Gasteiger partial charge is 0.343 e. The van der Waals surface area contributed by atoms with Gasteiger partial charge in [-0.1, -0.05) is 101 Å². The fraction of sp³-hybridized carbons (Fsp3) is 0.731. The number of methoxy groups -OCH3 is 1. The normalized spacial score (nSPS) is 25.2. The van der Waals surface area contributed by atoms with Gasteiger partial charge in [-0.3, -0.25) is 0 Å². The summed E-state index contributed by atoms with van der Waals surface area (Å²) >= 11 is 0. The summed E-state index contributed by atoms with van der Waals surface area (Å²) in [4.78, 5) is 12.7. The largest absolute Gasteiger partial charge is 0.467 e. The standard InChI is InChI=1S/C26H42O6/c1-3-4-5-6-7-8-9-10-11-15-18-25(21-27)26(29,24(28)30-2)23(20-32-25)31-19-22-16-13-12-14-17-22/h12-14,16-17,23,27,29H,3-11,15,18-21H2,1-2H3/t23-,25+,26-/m1/s1. The number of aliphatic hydroxyl groups excluding tert-OH is 1. The monoisotopic (exact) mass is 450 g/mol. The molecule has 2 rings (SSSR count). The Kier molecular flexibility index (Phi) is 11.7. The summed E-state index contributed by atoms with van der Waals surface area (Å²) in [7, 11) is 1.23. The maximum absolute atomic E-state index is 12.7. The van der Waals surface area contributed by atoms with Gasteiger partial charge in [-0.2, -0.15) is 0 Å². The van der Waals surface area contributed by atoms with Crippen molar-refractivity contribution in [3.63, 3.8) is 0 Å². The Hall–Kier alpha value is -1.47. The summed E-state index contributed by atoms with van der Waals surface area (Å²) in [6, 6.07) is 9.54. The molecular weight excluding hydrogens is 408 g/mol. The number of hydrogen-bond donors (Lipinski definition) is 2. The molecule has 0 spiro atoms. The van der Waals surface area contributed by atoms with E-state index in [1.165, 1.54) is 52.1 Å². The summed E-state index contributed by atoms with van der Waals surface area (Å²) in [5, 5.41) is 21.7. The van der Waals surface area contributed by atoms with Gasteiger partial charge in [0.15, 0.2) is 0 Å². The van der Waals surface area contributed by atoms with Gasteiger partial charge in [0.2, 0.25) is 5.60 Å². The molecule has 6 heteroatoms. The molecular formula is C26H42O6. The van der Waals surface area contributed by atoms with Gasteiger partial charge >= 0.3 is 5.97 Å². The highest BCUT2D eigenvalue weighted by molar-refractivity contribution is 5.82. The lowest BCUT2D eigenvalue weighted by atomic mass is 9.77. The molecule has 1 aliphatic rings. The van der Waals surface area contributed by atoms with Gasteiger partial charge in [0, 0.05) is 0 Å². The van der Waals surface area contributed by atoms with E-state index in [-0.39, 0.29) is 13.2 Å². The number of benzene rings is 1. The van der Waals surface area contributed by atoms with Crippen LogP contribution in [0.25, 0.3) is 0 Å². The summed E-state index contributed by atoms with van der Waals surface area (Å²) in [5.41, 5.74) is -2.54. The first-order valence-electron chi connectivity index (χ1n) is 12.2. The van der Waals surface area contributed by atoms with Gasteiger partial charge in [0.1, 0.15) is 11.7 Å². The van der Waals surface area contributed by atoms with Crippen LogP contribution in [0.5, 0.6) is 0 Å². The zero-order valence-corrected chi connectivity index (χ0v) is 19.9. The average molecular weight is 451 g/mol. The summed E-state index contributed by atoms with van der Waals surface area (Å²) in [6.45, 7) is 2.01. The van der Waals surface area contributed by atoms with E-state index in [0.29, 0.717) is 6.42 Å². The van der Waals surface area contributed by atoms with Gasteiger partial charge in [-0.25, -0.2) is 4.79 Å². The zero-order valence-electron chi connectivity index (χ0n) is 19.9. The van der Waals surface area contributed by atoms with Gasteiger partial charge in [-0.05, 0) is 12.0 Å². The van der Waals surface area contributed by atoms with Crippen molar-refractivity contribution in [2.75, 3.05) is 20.3 Å². The lowest BCUT2D eigenvalue weighted by Crippen LogP contribution is -2.64. The molecule has 1 aliphatic heterocycles. The first-order valence-corrected chi connectivity index (χ1v) is 12.2. The van der Waals surface area contributed by atoms with E-state index >= 15 is 0 Å². The van der Waals surface area contributed by atoms with Crippen LogP contribution in [0.3, 0.4) is 0 Å². The predicted octanol–water partition coefficient (Wildman–Crippen LogP) is 4.55. The van der Waals surface area contributed by atoms with Crippen molar-refractivity contribution in [1.82, 2.24) is 0 Å². The molecule has 1 saturated heterocycles. The molecule has 6 nitrogen and oxygen atoms in total. The van der Waals surface area contributed by atoms with Crippen molar-refractivity contribution in [1.29, 1.82) is 0 Å². The van der Waals surface area contributed by atoms with Gasteiger partial charge in [0.25, 0.3) is 0 Å². The number of rotatable bonds is 16. The summed E-state index contributed by atoms with van der Waals surface area (Å²) < 4.78 is 16.7. The van der Waals surface area contributed by atoms with Gasteiger partial charge < -0.3 is 24.4 Å². The number of esters is 1. The molecule has 1 heterocycles. The number of hydrogen-bond acceptors (Lipinski definition) is 6. The Bertz CT molecular complexity index is 651. The summed E-state index contributed by atoms with van der Waals surface area (Å²) in [5.74, 6) is -0.825. The van der Waals surface area contributed by atoms with Crippen LogP contribution in [0.4, 0.5) is 0 Å². The highest BCUT2D eigenvalue weighted by Crippen LogP contribution is 2.42. The van der Waals surface area contributed by atoms with Crippen molar-refractivity contribution in [3.05, 3.63) is 35.9 Å². The molecule has 1 aromatic rings. The van der Waals surface area contributed by atoms with E-state index in [9.17, 15) is 15.0 Å².